The summed E-state index contributed by atoms with van der Waals surface area (Å²) in [5.41, 5.74) is 0.300. The molecule has 0 aromatic heterocycles. The largest absolute Gasteiger partial charge is 0.392 e. The molecule has 1 rings (SSSR count). The van der Waals surface area contributed by atoms with Crippen LogP contribution < -0.4 is 0 Å². The van der Waals surface area contributed by atoms with E-state index in [-0.39, 0.29) is 6.10 Å². The van der Waals surface area contributed by atoms with Crippen LogP contribution in [0.3, 0.4) is 0 Å². The van der Waals surface area contributed by atoms with Gasteiger partial charge in [-0.3, -0.25) is 4.90 Å². The van der Waals surface area contributed by atoms with Crippen LogP contribution in [0.25, 0.3) is 0 Å². The summed E-state index contributed by atoms with van der Waals surface area (Å²) in [6, 6.07) is 0. The summed E-state index contributed by atoms with van der Waals surface area (Å²) in [5, 5.41) is 9.97. The number of β-amino-alcohol motifs (C(OH)–C–C–N with tert-alkyl or cyclic N) is 1. The Hall–Kier alpha value is -0.0800. The van der Waals surface area contributed by atoms with Gasteiger partial charge in [-0.2, -0.15) is 0 Å². The predicted octanol–water partition coefficient (Wildman–Crippen LogP) is 2.27. The molecule has 0 radical (unpaired) electrons. The third-order valence-corrected chi connectivity index (χ3v) is 3.78. The molecule has 2 unspecified atom stereocenters. The maximum absolute atomic E-state index is 9.97. The summed E-state index contributed by atoms with van der Waals surface area (Å²) >= 11 is 0. The molecule has 2 nitrogen and oxygen atoms in total. The molecule has 0 aromatic carbocycles. The highest BCUT2D eigenvalue weighted by molar-refractivity contribution is 4.89. The van der Waals surface area contributed by atoms with Crippen LogP contribution in [0.5, 0.6) is 0 Å². The van der Waals surface area contributed by atoms with E-state index in [1.54, 1.807) is 0 Å². The first-order valence-electron chi connectivity index (χ1n) is 5.90. The Balaban J connectivity index is 2.44. The number of nitrogens with zero attached hydrogens (tertiary/aromatic N) is 1. The summed E-state index contributed by atoms with van der Waals surface area (Å²) in [4.78, 5) is 2.43. The topological polar surface area (TPSA) is 23.5 Å². The van der Waals surface area contributed by atoms with Gasteiger partial charge < -0.3 is 5.11 Å². The molecule has 1 N–H and O–H groups in total. The molecule has 1 fully saturated rings. The van der Waals surface area contributed by atoms with Crippen molar-refractivity contribution >= 4 is 0 Å². The first-order chi connectivity index (χ1) is 6.47. The maximum atomic E-state index is 9.97. The molecule has 0 aliphatic carbocycles. The average Bonchev–Trinajstić information content (AvgIpc) is 2.44. The highest BCUT2D eigenvalue weighted by Crippen LogP contribution is 2.28. The molecule has 0 spiro atoms. The van der Waals surface area contributed by atoms with Crippen molar-refractivity contribution in [3.8, 4) is 0 Å². The third kappa shape index (κ3) is 2.71. The zero-order valence-electron chi connectivity index (χ0n) is 10.1. The van der Waals surface area contributed by atoms with Gasteiger partial charge in [-0.1, -0.05) is 20.3 Å². The molecule has 1 saturated heterocycles. The summed E-state index contributed by atoms with van der Waals surface area (Å²) in [6.45, 7) is 10.8. The number of rotatable bonds is 4. The lowest BCUT2D eigenvalue weighted by atomic mass is 9.98. The van der Waals surface area contributed by atoms with Crippen LogP contribution >= 0.6 is 0 Å². The van der Waals surface area contributed by atoms with Crippen LogP contribution in [-0.4, -0.2) is 34.7 Å². The Kier molecular flexibility index (Phi) is 3.96. The Morgan fingerprint density at radius 2 is 2.07 bits per heavy atom. The van der Waals surface area contributed by atoms with Crippen molar-refractivity contribution in [3.63, 3.8) is 0 Å². The minimum atomic E-state index is -0.155. The number of hydrogen-bond acceptors (Lipinski definition) is 2. The van der Waals surface area contributed by atoms with Gasteiger partial charge in [0.1, 0.15) is 0 Å². The van der Waals surface area contributed by atoms with Crippen molar-refractivity contribution in [2.75, 3.05) is 13.1 Å². The van der Waals surface area contributed by atoms with Crippen LogP contribution in [0.4, 0.5) is 0 Å². The Bertz CT molecular complexity index is 179. The van der Waals surface area contributed by atoms with E-state index in [0.717, 1.165) is 19.5 Å². The van der Waals surface area contributed by atoms with Gasteiger partial charge >= 0.3 is 0 Å². The molecule has 0 saturated carbocycles. The summed E-state index contributed by atoms with van der Waals surface area (Å²) in [7, 11) is 0. The van der Waals surface area contributed by atoms with Crippen molar-refractivity contribution in [3.05, 3.63) is 0 Å². The molecular formula is C12H25NO. The fourth-order valence-electron chi connectivity index (χ4n) is 2.18. The second-order valence-corrected chi connectivity index (χ2v) is 5.31. The lowest BCUT2D eigenvalue weighted by Crippen LogP contribution is -2.44. The summed E-state index contributed by atoms with van der Waals surface area (Å²) in [6.07, 6.45) is 3.45. The van der Waals surface area contributed by atoms with Gasteiger partial charge in [0.05, 0.1) is 6.10 Å². The van der Waals surface area contributed by atoms with Gasteiger partial charge in [0, 0.05) is 12.1 Å². The number of hydrogen-bond donors (Lipinski definition) is 1. The van der Waals surface area contributed by atoms with Gasteiger partial charge in [0.15, 0.2) is 0 Å². The zero-order chi connectivity index (χ0) is 10.8. The van der Waals surface area contributed by atoms with Crippen LogP contribution in [-0.2, 0) is 0 Å². The zero-order valence-corrected chi connectivity index (χ0v) is 10.1. The lowest BCUT2D eigenvalue weighted by molar-refractivity contribution is 0.0446. The van der Waals surface area contributed by atoms with Crippen molar-refractivity contribution < 1.29 is 5.11 Å². The predicted molar refractivity (Wildman–Crippen MR) is 60.3 cm³/mol. The van der Waals surface area contributed by atoms with Gasteiger partial charge in [-0.05, 0) is 39.2 Å². The second-order valence-electron chi connectivity index (χ2n) is 5.31. The quantitative estimate of drug-likeness (QED) is 0.751. The van der Waals surface area contributed by atoms with E-state index in [9.17, 15) is 5.11 Å². The molecule has 2 atom stereocenters. The van der Waals surface area contributed by atoms with E-state index in [0.29, 0.717) is 11.5 Å². The van der Waals surface area contributed by atoms with Crippen molar-refractivity contribution in [2.24, 2.45) is 5.92 Å². The molecule has 1 aliphatic heterocycles. The van der Waals surface area contributed by atoms with Crippen LogP contribution in [0.2, 0.25) is 0 Å². The van der Waals surface area contributed by atoms with Crippen LogP contribution in [0.15, 0.2) is 0 Å². The van der Waals surface area contributed by atoms with Crippen LogP contribution in [0, 0.1) is 5.92 Å². The molecule has 1 aliphatic rings. The molecule has 0 amide bonds. The Labute approximate surface area is 88.3 Å². The second kappa shape index (κ2) is 4.63. The Morgan fingerprint density at radius 3 is 2.50 bits per heavy atom. The molecule has 84 valence electrons. The molecule has 2 heteroatoms. The molecule has 1 heterocycles. The lowest BCUT2D eigenvalue weighted by Gasteiger charge is -2.34. The molecular weight excluding hydrogens is 174 g/mol. The average molecular weight is 199 g/mol. The van der Waals surface area contributed by atoms with Gasteiger partial charge in [0.25, 0.3) is 0 Å². The van der Waals surface area contributed by atoms with Gasteiger partial charge in [-0.15, -0.1) is 0 Å². The fraction of sp³-hybridized carbons (Fsp3) is 1.00. The Morgan fingerprint density at radius 1 is 1.43 bits per heavy atom. The first-order valence-corrected chi connectivity index (χ1v) is 5.90. The fourth-order valence-corrected chi connectivity index (χ4v) is 2.18. The van der Waals surface area contributed by atoms with Gasteiger partial charge in [-0.25, -0.2) is 0 Å². The van der Waals surface area contributed by atoms with E-state index >= 15 is 0 Å². The monoisotopic (exact) mass is 199 g/mol. The van der Waals surface area contributed by atoms with E-state index in [2.05, 4.69) is 32.6 Å². The van der Waals surface area contributed by atoms with Gasteiger partial charge in [0.2, 0.25) is 0 Å². The van der Waals surface area contributed by atoms with Crippen LogP contribution in [0.1, 0.15) is 47.0 Å². The van der Waals surface area contributed by atoms with E-state index in [4.69, 9.17) is 0 Å². The third-order valence-electron chi connectivity index (χ3n) is 3.78. The molecule has 0 bridgehead atoms. The minimum Gasteiger partial charge on any atom is -0.392 e. The summed E-state index contributed by atoms with van der Waals surface area (Å²) < 4.78 is 0. The van der Waals surface area contributed by atoms with Crippen molar-refractivity contribution in [1.29, 1.82) is 0 Å². The summed E-state index contributed by atoms with van der Waals surface area (Å²) in [5.74, 6) is 0.423. The molecule has 0 aromatic rings. The van der Waals surface area contributed by atoms with E-state index < -0.39 is 0 Å². The standard InChI is InChI=1S/C12H25NO/c1-5-10(2)11(14)9-13-8-6-7-12(13,3)4/h10-11,14H,5-9H2,1-4H3. The SMILES string of the molecule is CCC(C)C(O)CN1CCCC1(C)C. The van der Waals surface area contributed by atoms with Crippen molar-refractivity contribution in [2.45, 2.75) is 58.6 Å². The number of aliphatic hydroxyl groups excluding tert-OH is 1. The van der Waals surface area contributed by atoms with E-state index in [1.165, 1.54) is 12.8 Å². The molecule has 14 heavy (non-hydrogen) atoms. The number of aliphatic hydroxyl groups is 1. The highest BCUT2D eigenvalue weighted by atomic mass is 16.3. The van der Waals surface area contributed by atoms with Crippen molar-refractivity contribution in [1.82, 2.24) is 4.90 Å². The smallest absolute Gasteiger partial charge is 0.0692 e. The normalized spacial score (nSPS) is 26.4. The minimum absolute atomic E-state index is 0.155. The van der Waals surface area contributed by atoms with E-state index in [1.807, 2.05) is 0 Å². The first kappa shape index (κ1) is 12.0. The maximum Gasteiger partial charge on any atom is 0.0692 e. The highest BCUT2D eigenvalue weighted by Gasteiger charge is 2.33. The number of likely N-dealkylation sites (tertiary alicyclic amines) is 1.